The quantitative estimate of drug-likeness (QED) is 0.748. The Bertz CT molecular complexity index is 427. The smallest absolute Gasteiger partial charge is 0.115 e. The third kappa shape index (κ3) is 5.15. The molecule has 0 radical (unpaired) electrons. The maximum Gasteiger partial charge on any atom is 0.115 e. The van der Waals surface area contributed by atoms with Crippen LogP contribution in [0, 0.1) is 5.92 Å². The molecule has 2 rings (SSSR count). The van der Waals surface area contributed by atoms with Crippen molar-refractivity contribution in [2.75, 3.05) is 6.54 Å². The summed E-state index contributed by atoms with van der Waals surface area (Å²) in [5, 5.41) is 6.10. The van der Waals surface area contributed by atoms with E-state index in [1.165, 1.54) is 38.5 Å². The Balaban J connectivity index is 2.03. The molecule has 1 saturated carbocycles. The maximum absolute atomic E-state index is 6.29. The van der Waals surface area contributed by atoms with Crippen LogP contribution in [0.1, 0.15) is 52.4 Å². The number of aromatic nitrogens is 1. The second-order valence-corrected chi connectivity index (χ2v) is 7.61. The van der Waals surface area contributed by atoms with Gasteiger partial charge in [0, 0.05) is 17.5 Å². The van der Waals surface area contributed by atoms with E-state index >= 15 is 0 Å². The van der Waals surface area contributed by atoms with Gasteiger partial charge in [0.05, 0.1) is 5.02 Å². The summed E-state index contributed by atoms with van der Waals surface area (Å²) in [5.41, 5.74) is 0. The van der Waals surface area contributed by atoms with Gasteiger partial charge in [-0.05, 0) is 50.3 Å². The topological polar surface area (TPSA) is 24.9 Å². The number of hydrogen-bond acceptors (Lipinski definition) is 3. The van der Waals surface area contributed by atoms with Crippen LogP contribution in [0.5, 0.6) is 0 Å². The minimum absolute atomic E-state index is 0.592. The first-order chi connectivity index (χ1) is 10.2. The van der Waals surface area contributed by atoms with Crippen molar-refractivity contribution in [2.24, 2.45) is 5.92 Å². The van der Waals surface area contributed by atoms with Crippen LogP contribution in [-0.4, -0.2) is 22.8 Å². The third-order valence-electron chi connectivity index (χ3n) is 4.24. The van der Waals surface area contributed by atoms with Crippen molar-refractivity contribution in [2.45, 2.75) is 68.7 Å². The molecule has 0 aliphatic heterocycles. The van der Waals surface area contributed by atoms with E-state index < -0.39 is 0 Å². The van der Waals surface area contributed by atoms with Gasteiger partial charge in [-0.3, -0.25) is 0 Å². The predicted molar refractivity (Wildman–Crippen MR) is 93.2 cm³/mol. The highest BCUT2D eigenvalue weighted by atomic mass is 35.5. The third-order valence-corrected chi connectivity index (χ3v) is 6.03. The average Bonchev–Trinajstić information content (AvgIpc) is 2.49. The first-order valence-electron chi connectivity index (χ1n) is 8.25. The highest BCUT2D eigenvalue weighted by Gasteiger charge is 2.31. The predicted octanol–water partition coefficient (Wildman–Crippen LogP) is 5.16. The molecule has 21 heavy (non-hydrogen) atoms. The molecule has 2 nitrogen and oxygen atoms in total. The van der Waals surface area contributed by atoms with E-state index in [-0.39, 0.29) is 0 Å². The van der Waals surface area contributed by atoms with Crippen molar-refractivity contribution in [1.82, 2.24) is 10.3 Å². The lowest BCUT2D eigenvalue weighted by atomic mass is 9.83. The molecule has 3 unspecified atom stereocenters. The highest BCUT2D eigenvalue weighted by Crippen LogP contribution is 2.39. The molecule has 4 heteroatoms. The fourth-order valence-electron chi connectivity index (χ4n) is 3.18. The largest absolute Gasteiger partial charge is 0.313 e. The van der Waals surface area contributed by atoms with Crippen molar-refractivity contribution in [1.29, 1.82) is 0 Å². The van der Waals surface area contributed by atoms with Crippen LogP contribution in [0.15, 0.2) is 23.4 Å². The normalized spacial score (nSPS) is 26.0. The van der Waals surface area contributed by atoms with Gasteiger partial charge in [-0.1, -0.05) is 50.1 Å². The van der Waals surface area contributed by atoms with Gasteiger partial charge in [-0.25, -0.2) is 4.98 Å². The summed E-state index contributed by atoms with van der Waals surface area (Å²) in [4.78, 5) is 4.46. The molecule has 0 spiro atoms. The minimum atomic E-state index is 0.592. The van der Waals surface area contributed by atoms with Crippen LogP contribution < -0.4 is 5.32 Å². The van der Waals surface area contributed by atoms with Crippen molar-refractivity contribution in [3.8, 4) is 0 Å². The molecule has 1 heterocycles. The Kier molecular flexibility index (Phi) is 7.35. The molecule has 118 valence electrons. The zero-order valence-electron chi connectivity index (χ0n) is 13.1. The summed E-state index contributed by atoms with van der Waals surface area (Å²) >= 11 is 8.16. The van der Waals surface area contributed by atoms with E-state index in [0.29, 0.717) is 11.3 Å². The van der Waals surface area contributed by atoms with Crippen LogP contribution in [0.25, 0.3) is 0 Å². The second-order valence-electron chi connectivity index (χ2n) is 5.98. The molecular weight excluding hydrogens is 300 g/mol. The minimum Gasteiger partial charge on any atom is -0.313 e. The maximum atomic E-state index is 6.29. The van der Waals surface area contributed by atoms with E-state index in [0.717, 1.165) is 22.5 Å². The summed E-state index contributed by atoms with van der Waals surface area (Å²) in [6.07, 6.45) is 9.61. The van der Waals surface area contributed by atoms with Crippen molar-refractivity contribution < 1.29 is 0 Å². The average molecular weight is 327 g/mol. The molecule has 3 atom stereocenters. The highest BCUT2D eigenvalue weighted by molar-refractivity contribution is 8.00. The molecule has 1 aromatic heterocycles. The Labute approximate surface area is 138 Å². The van der Waals surface area contributed by atoms with E-state index in [1.54, 1.807) is 0 Å². The number of thioether (sulfide) groups is 1. The molecular formula is C17H27ClN2S. The Morgan fingerprint density at radius 3 is 2.90 bits per heavy atom. The van der Waals surface area contributed by atoms with Crippen LogP contribution >= 0.6 is 23.4 Å². The lowest BCUT2D eigenvalue weighted by molar-refractivity contribution is 0.287. The molecule has 1 N–H and O–H groups in total. The molecule has 1 aromatic rings. The SMILES string of the molecule is CCCNC1CCC(CCC)CC1Sc1ncccc1Cl. The number of hydrogen-bond donors (Lipinski definition) is 1. The van der Waals surface area contributed by atoms with Gasteiger partial charge in [-0.2, -0.15) is 0 Å². The summed E-state index contributed by atoms with van der Waals surface area (Å²) in [5.74, 6) is 0.870. The summed E-state index contributed by atoms with van der Waals surface area (Å²) < 4.78 is 0. The van der Waals surface area contributed by atoms with Gasteiger partial charge in [0.2, 0.25) is 0 Å². The first kappa shape index (κ1) is 17.1. The fourth-order valence-corrected chi connectivity index (χ4v) is 4.79. The van der Waals surface area contributed by atoms with Gasteiger partial charge >= 0.3 is 0 Å². The Morgan fingerprint density at radius 2 is 2.19 bits per heavy atom. The van der Waals surface area contributed by atoms with E-state index in [9.17, 15) is 0 Å². The van der Waals surface area contributed by atoms with E-state index in [1.807, 2.05) is 30.1 Å². The first-order valence-corrected chi connectivity index (χ1v) is 9.50. The lowest BCUT2D eigenvalue weighted by Gasteiger charge is -2.36. The molecule has 1 fully saturated rings. The van der Waals surface area contributed by atoms with E-state index in [2.05, 4.69) is 24.1 Å². The molecule has 0 saturated heterocycles. The second kappa shape index (κ2) is 9.02. The van der Waals surface area contributed by atoms with Crippen LogP contribution in [0.4, 0.5) is 0 Å². The standard InChI is InChI=1S/C17H27ClN2S/c1-3-6-13-8-9-15(19-10-4-2)16(12-13)21-17-14(18)7-5-11-20-17/h5,7,11,13,15-16,19H,3-4,6,8-10,12H2,1-2H3. The molecule has 1 aliphatic rings. The van der Waals surface area contributed by atoms with Crippen LogP contribution in [0.2, 0.25) is 5.02 Å². The molecule has 0 aromatic carbocycles. The van der Waals surface area contributed by atoms with Crippen LogP contribution in [-0.2, 0) is 0 Å². The van der Waals surface area contributed by atoms with Crippen molar-refractivity contribution in [3.63, 3.8) is 0 Å². The number of nitrogens with one attached hydrogen (secondary N) is 1. The fraction of sp³-hybridized carbons (Fsp3) is 0.706. The van der Waals surface area contributed by atoms with Gasteiger partial charge < -0.3 is 5.32 Å². The lowest BCUT2D eigenvalue weighted by Crippen LogP contribution is -2.43. The van der Waals surface area contributed by atoms with Gasteiger partial charge in [-0.15, -0.1) is 0 Å². The number of rotatable bonds is 7. The Hall–Kier alpha value is -0.250. The van der Waals surface area contributed by atoms with Crippen molar-refractivity contribution in [3.05, 3.63) is 23.4 Å². The summed E-state index contributed by atoms with van der Waals surface area (Å²) in [7, 11) is 0. The zero-order chi connectivity index (χ0) is 15.1. The summed E-state index contributed by atoms with van der Waals surface area (Å²) in [6.45, 7) is 5.63. The number of nitrogens with zero attached hydrogens (tertiary/aromatic N) is 1. The van der Waals surface area contributed by atoms with Gasteiger partial charge in [0.25, 0.3) is 0 Å². The number of halogens is 1. The van der Waals surface area contributed by atoms with Gasteiger partial charge in [0.1, 0.15) is 5.03 Å². The Morgan fingerprint density at radius 1 is 1.33 bits per heavy atom. The zero-order valence-corrected chi connectivity index (χ0v) is 14.7. The van der Waals surface area contributed by atoms with Crippen molar-refractivity contribution >= 4 is 23.4 Å². The van der Waals surface area contributed by atoms with Gasteiger partial charge in [0.15, 0.2) is 0 Å². The summed E-state index contributed by atoms with van der Waals surface area (Å²) in [6, 6.07) is 4.44. The monoisotopic (exact) mass is 326 g/mol. The molecule has 0 bridgehead atoms. The molecule has 0 amide bonds. The van der Waals surface area contributed by atoms with E-state index in [4.69, 9.17) is 11.6 Å². The molecule has 1 aliphatic carbocycles. The number of pyridine rings is 1. The van der Waals surface area contributed by atoms with Crippen LogP contribution in [0.3, 0.4) is 0 Å².